The lowest BCUT2D eigenvalue weighted by Crippen LogP contribution is -2.42. The molecular weight excluding hydrogens is 398 g/mol. The summed E-state index contributed by atoms with van der Waals surface area (Å²) in [6.45, 7) is 4.59. The molecular formula is C17H24BrN7O. The Morgan fingerprint density at radius 2 is 2.00 bits per heavy atom. The molecule has 0 aliphatic rings. The summed E-state index contributed by atoms with van der Waals surface area (Å²) in [5.74, 6) is 1.55. The highest BCUT2D eigenvalue weighted by Gasteiger charge is 2.05. The quantitative estimate of drug-likeness (QED) is 0.338. The van der Waals surface area contributed by atoms with E-state index in [1.807, 2.05) is 16.7 Å². The van der Waals surface area contributed by atoms with Crippen molar-refractivity contribution in [2.24, 2.45) is 4.99 Å². The maximum absolute atomic E-state index is 12.1. The van der Waals surface area contributed by atoms with Gasteiger partial charge in [0.05, 0.1) is 0 Å². The Hall–Kier alpha value is -2.42. The average molecular weight is 422 g/mol. The van der Waals surface area contributed by atoms with Gasteiger partial charge in [-0.25, -0.2) is 0 Å². The number of guanidine groups is 1. The third kappa shape index (κ3) is 6.14. The second kappa shape index (κ2) is 10.5. The predicted octanol–water partition coefficient (Wildman–Crippen LogP) is 1.20. The van der Waals surface area contributed by atoms with E-state index >= 15 is 0 Å². The van der Waals surface area contributed by atoms with Gasteiger partial charge in [-0.2, -0.15) is 0 Å². The van der Waals surface area contributed by atoms with Crippen LogP contribution in [0, 0.1) is 0 Å². The van der Waals surface area contributed by atoms with Gasteiger partial charge in [-0.15, -0.1) is 10.2 Å². The van der Waals surface area contributed by atoms with Gasteiger partial charge in [0.2, 0.25) is 0 Å². The van der Waals surface area contributed by atoms with Gasteiger partial charge in [-0.05, 0) is 18.2 Å². The van der Waals surface area contributed by atoms with Crippen molar-refractivity contribution in [3.63, 3.8) is 0 Å². The van der Waals surface area contributed by atoms with Crippen molar-refractivity contribution >= 4 is 27.8 Å². The van der Waals surface area contributed by atoms with Crippen molar-refractivity contribution in [3.05, 3.63) is 46.5 Å². The molecule has 0 saturated heterocycles. The summed E-state index contributed by atoms with van der Waals surface area (Å²) in [7, 11) is 1.71. The van der Waals surface area contributed by atoms with Gasteiger partial charge in [0.15, 0.2) is 5.96 Å². The predicted molar refractivity (Wildman–Crippen MR) is 105 cm³/mol. The zero-order chi connectivity index (χ0) is 18.8. The van der Waals surface area contributed by atoms with E-state index in [1.165, 1.54) is 0 Å². The average Bonchev–Trinajstić information content (AvgIpc) is 3.11. The summed E-state index contributed by atoms with van der Waals surface area (Å²) < 4.78 is 2.89. The molecule has 0 spiro atoms. The number of halogens is 1. The zero-order valence-corrected chi connectivity index (χ0v) is 16.6. The monoisotopic (exact) mass is 421 g/mol. The number of nitrogens with zero attached hydrogens (tertiary/aromatic N) is 4. The number of carbonyl (C=O) groups is 1. The van der Waals surface area contributed by atoms with Crippen molar-refractivity contribution in [3.8, 4) is 0 Å². The van der Waals surface area contributed by atoms with E-state index in [4.69, 9.17) is 0 Å². The Bertz CT molecular complexity index is 744. The van der Waals surface area contributed by atoms with Crippen LogP contribution < -0.4 is 16.0 Å². The zero-order valence-electron chi connectivity index (χ0n) is 15.0. The largest absolute Gasteiger partial charge is 0.355 e. The highest BCUT2D eigenvalue weighted by atomic mass is 79.9. The number of aryl methyl sites for hydroxylation is 1. The first-order chi connectivity index (χ1) is 12.6. The SMILES string of the molecule is CCc1nncn1CCNC(=NC)NCCNC(=O)c1cccc(Br)c1. The van der Waals surface area contributed by atoms with Gasteiger partial charge in [0.1, 0.15) is 12.2 Å². The van der Waals surface area contributed by atoms with Crippen LogP contribution in [0.1, 0.15) is 23.1 Å². The molecule has 0 radical (unpaired) electrons. The number of amides is 1. The summed E-state index contributed by atoms with van der Waals surface area (Å²) in [5, 5.41) is 17.2. The number of benzene rings is 1. The smallest absolute Gasteiger partial charge is 0.251 e. The minimum atomic E-state index is -0.101. The van der Waals surface area contributed by atoms with Crippen LogP contribution in [0.15, 0.2) is 40.1 Å². The molecule has 8 nitrogen and oxygen atoms in total. The molecule has 0 atom stereocenters. The van der Waals surface area contributed by atoms with Gasteiger partial charge in [-0.3, -0.25) is 9.79 Å². The third-order valence-electron chi connectivity index (χ3n) is 3.67. The van der Waals surface area contributed by atoms with Crippen LogP contribution in [0.5, 0.6) is 0 Å². The lowest BCUT2D eigenvalue weighted by atomic mass is 10.2. The minimum absolute atomic E-state index is 0.101. The van der Waals surface area contributed by atoms with Gasteiger partial charge in [0.25, 0.3) is 5.91 Å². The van der Waals surface area contributed by atoms with E-state index in [2.05, 4.69) is 54.0 Å². The van der Waals surface area contributed by atoms with Gasteiger partial charge >= 0.3 is 0 Å². The molecule has 1 aromatic carbocycles. The molecule has 0 bridgehead atoms. The van der Waals surface area contributed by atoms with Crippen molar-refractivity contribution < 1.29 is 4.79 Å². The molecule has 0 saturated carbocycles. The molecule has 3 N–H and O–H groups in total. The van der Waals surface area contributed by atoms with Crippen molar-refractivity contribution in [2.45, 2.75) is 19.9 Å². The first-order valence-corrected chi connectivity index (χ1v) is 9.28. The summed E-state index contributed by atoms with van der Waals surface area (Å²) in [5.41, 5.74) is 0.627. The summed E-state index contributed by atoms with van der Waals surface area (Å²) in [4.78, 5) is 16.2. The van der Waals surface area contributed by atoms with E-state index in [1.54, 1.807) is 25.5 Å². The van der Waals surface area contributed by atoms with E-state index in [0.717, 1.165) is 23.3 Å². The fourth-order valence-corrected chi connectivity index (χ4v) is 2.74. The number of aromatic nitrogens is 3. The van der Waals surface area contributed by atoms with Gasteiger partial charge in [-0.1, -0.05) is 28.9 Å². The molecule has 0 fully saturated rings. The molecule has 9 heteroatoms. The second-order valence-electron chi connectivity index (χ2n) is 5.49. The highest BCUT2D eigenvalue weighted by molar-refractivity contribution is 9.10. The van der Waals surface area contributed by atoms with Crippen LogP contribution in [-0.2, 0) is 13.0 Å². The molecule has 1 heterocycles. The molecule has 0 aliphatic carbocycles. The fraction of sp³-hybridized carbons (Fsp3) is 0.412. The molecule has 1 aromatic heterocycles. The van der Waals surface area contributed by atoms with E-state index in [9.17, 15) is 4.79 Å². The summed E-state index contributed by atoms with van der Waals surface area (Å²) >= 11 is 3.36. The van der Waals surface area contributed by atoms with Crippen molar-refractivity contribution in [1.29, 1.82) is 0 Å². The number of nitrogens with one attached hydrogen (secondary N) is 3. The maximum Gasteiger partial charge on any atom is 0.251 e. The molecule has 0 unspecified atom stereocenters. The van der Waals surface area contributed by atoms with E-state index in [0.29, 0.717) is 31.2 Å². The van der Waals surface area contributed by atoms with E-state index in [-0.39, 0.29) is 5.91 Å². The molecule has 26 heavy (non-hydrogen) atoms. The first kappa shape index (κ1) is 19.9. The van der Waals surface area contributed by atoms with E-state index < -0.39 is 0 Å². The van der Waals surface area contributed by atoms with Crippen LogP contribution in [0.2, 0.25) is 0 Å². The number of hydrogen-bond donors (Lipinski definition) is 3. The maximum atomic E-state index is 12.1. The fourth-order valence-electron chi connectivity index (χ4n) is 2.34. The molecule has 2 rings (SSSR count). The topological polar surface area (TPSA) is 96.2 Å². The Morgan fingerprint density at radius 1 is 1.23 bits per heavy atom. The van der Waals surface area contributed by atoms with Gasteiger partial charge in [0, 0.05) is 49.7 Å². The number of carbonyl (C=O) groups excluding carboxylic acids is 1. The highest BCUT2D eigenvalue weighted by Crippen LogP contribution is 2.11. The lowest BCUT2D eigenvalue weighted by molar-refractivity contribution is 0.0954. The Labute approximate surface area is 161 Å². The molecule has 1 amide bonds. The Kier molecular flexibility index (Phi) is 8.07. The minimum Gasteiger partial charge on any atom is -0.355 e. The second-order valence-corrected chi connectivity index (χ2v) is 6.40. The van der Waals surface area contributed by atoms with Gasteiger partial charge < -0.3 is 20.5 Å². The van der Waals surface area contributed by atoms with Crippen LogP contribution in [0.3, 0.4) is 0 Å². The molecule has 0 aliphatic heterocycles. The standard InChI is InChI=1S/C17H24BrN7O/c1-3-15-24-23-12-25(15)10-9-22-17(19-2)21-8-7-20-16(26)13-5-4-6-14(18)11-13/h4-6,11-12H,3,7-10H2,1-2H3,(H,20,26)(H2,19,21,22). The number of hydrogen-bond acceptors (Lipinski definition) is 4. The van der Waals surface area contributed by atoms with Crippen LogP contribution >= 0.6 is 15.9 Å². The number of aliphatic imine (C=N–C) groups is 1. The van der Waals surface area contributed by atoms with Crippen LogP contribution in [0.4, 0.5) is 0 Å². The molecule has 2 aromatic rings. The normalized spacial score (nSPS) is 11.3. The van der Waals surface area contributed by atoms with Crippen LogP contribution in [-0.4, -0.2) is 53.3 Å². The van der Waals surface area contributed by atoms with Crippen molar-refractivity contribution in [2.75, 3.05) is 26.7 Å². The third-order valence-corrected chi connectivity index (χ3v) is 4.16. The summed E-state index contributed by atoms with van der Waals surface area (Å²) in [6.07, 6.45) is 2.58. The summed E-state index contributed by atoms with van der Waals surface area (Å²) in [6, 6.07) is 7.29. The molecule has 140 valence electrons. The van der Waals surface area contributed by atoms with Crippen molar-refractivity contribution in [1.82, 2.24) is 30.7 Å². The Morgan fingerprint density at radius 3 is 2.73 bits per heavy atom. The Balaban J connectivity index is 1.66. The first-order valence-electron chi connectivity index (χ1n) is 8.49. The lowest BCUT2D eigenvalue weighted by Gasteiger charge is -2.13. The van der Waals surface area contributed by atoms with Crippen LogP contribution in [0.25, 0.3) is 0 Å². The number of rotatable bonds is 8.